The van der Waals surface area contributed by atoms with Gasteiger partial charge in [-0.05, 0) is 25.1 Å². The molecule has 0 fully saturated rings. The summed E-state index contributed by atoms with van der Waals surface area (Å²) < 4.78 is 0.839. The summed E-state index contributed by atoms with van der Waals surface area (Å²) >= 11 is 9.30. The third kappa shape index (κ3) is 2.33. The molecule has 0 aliphatic carbocycles. The molecule has 3 nitrogen and oxygen atoms in total. The maximum atomic E-state index is 11.3. The molecule has 2 aromatic rings. The maximum Gasteiger partial charge on any atom is 0.251 e. The normalized spacial score (nSPS) is 10.4. The SMILES string of the molecule is Cc1cc(=O)[nH]c(-c2cc(Cl)ccc2Br)n1. The second kappa shape index (κ2) is 4.39. The summed E-state index contributed by atoms with van der Waals surface area (Å²) in [7, 11) is 0. The fourth-order valence-electron chi connectivity index (χ4n) is 1.39. The van der Waals surface area contributed by atoms with E-state index in [1.807, 2.05) is 6.07 Å². The molecule has 1 aromatic carbocycles. The largest absolute Gasteiger partial charge is 0.306 e. The van der Waals surface area contributed by atoms with Crippen LogP contribution in [0.15, 0.2) is 33.5 Å². The Labute approximate surface area is 106 Å². The van der Waals surface area contributed by atoms with E-state index in [1.54, 1.807) is 19.1 Å². The van der Waals surface area contributed by atoms with Crippen molar-refractivity contribution in [1.82, 2.24) is 9.97 Å². The van der Waals surface area contributed by atoms with Crippen LogP contribution < -0.4 is 5.56 Å². The molecule has 0 radical (unpaired) electrons. The molecule has 2 rings (SSSR count). The van der Waals surface area contributed by atoms with E-state index in [4.69, 9.17) is 11.6 Å². The number of hydrogen-bond acceptors (Lipinski definition) is 2. The van der Waals surface area contributed by atoms with Crippen LogP contribution in [0.5, 0.6) is 0 Å². The number of H-pyrrole nitrogens is 1. The van der Waals surface area contributed by atoms with Crippen molar-refractivity contribution in [3.63, 3.8) is 0 Å². The van der Waals surface area contributed by atoms with Crippen LogP contribution in [0.3, 0.4) is 0 Å². The van der Waals surface area contributed by atoms with E-state index in [2.05, 4.69) is 25.9 Å². The van der Waals surface area contributed by atoms with E-state index >= 15 is 0 Å². The Balaban J connectivity index is 2.66. The molecular weight excluding hydrogens is 291 g/mol. The molecule has 0 saturated heterocycles. The van der Waals surface area contributed by atoms with Crippen molar-refractivity contribution in [3.05, 3.63) is 49.8 Å². The first-order valence-corrected chi connectivity index (χ1v) is 5.77. The molecule has 0 atom stereocenters. The van der Waals surface area contributed by atoms with Crippen molar-refractivity contribution in [2.24, 2.45) is 0 Å². The Bertz CT molecular complexity index is 595. The standard InChI is InChI=1S/C11H8BrClN2O/c1-6-4-10(16)15-11(14-6)8-5-7(13)2-3-9(8)12/h2-5H,1H3,(H,14,15,16). The quantitative estimate of drug-likeness (QED) is 0.879. The second-order valence-electron chi connectivity index (χ2n) is 3.36. The van der Waals surface area contributed by atoms with Gasteiger partial charge in [-0.1, -0.05) is 27.5 Å². The highest BCUT2D eigenvalue weighted by Gasteiger charge is 2.07. The predicted octanol–water partition coefficient (Wildman–Crippen LogP) is 3.16. The fourth-order valence-corrected chi connectivity index (χ4v) is 1.99. The topological polar surface area (TPSA) is 45.8 Å². The molecule has 0 amide bonds. The highest BCUT2D eigenvalue weighted by atomic mass is 79.9. The molecule has 5 heteroatoms. The van der Waals surface area contributed by atoms with Gasteiger partial charge < -0.3 is 4.98 Å². The molecule has 82 valence electrons. The van der Waals surface area contributed by atoms with Crippen LogP contribution in [-0.4, -0.2) is 9.97 Å². The van der Waals surface area contributed by atoms with E-state index in [0.29, 0.717) is 16.5 Å². The summed E-state index contributed by atoms with van der Waals surface area (Å²) in [5.41, 5.74) is 1.27. The minimum Gasteiger partial charge on any atom is -0.306 e. The summed E-state index contributed by atoms with van der Waals surface area (Å²) in [6.07, 6.45) is 0. The third-order valence-corrected chi connectivity index (χ3v) is 2.98. The number of hydrogen-bond donors (Lipinski definition) is 1. The summed E-state index contributed by atoms with van der Waals surface area (Å²) in [5, 5.41) is 0.599. The van der Waals surface area contributed by atoms with Crippen molar-refractivity contribution >= 4 is 27.5 Å². The first-order chi connectivity index (χ1) is 7.56. The highest BCUT2D eigenvalue weighted by molar-refractivity contribution is 9.10. The van der Waals surface area contributed by atoms with Gasteiger partial charge in [-0.25, -0.2) is 4.98 Å². The van der Waals surface area contributed by atoms with Gasteiger partial charge in [0, 0.05) is 26.8 Å². The number of nitrogens with one attached hydrogen (secondary N) is 1. The van der Waals surface area contributed by atoms with E-state index in [-0.39, 0.29) is 5.56 Å². The molecule has 1 N–H and O–H groups in total. The van der Waals surface area contributed by atoms with Gasteiger partial charge in [0.05, 0.1) is 0 Å². The lowest BCUT2D eigenvalue weighted by Gasteiger charge is -2.04. The van der Waals surface area contributed by atoms with Crippen LogP contribution in [0.2, 0.25) is 5.02 Å². The van der Waals surface area contributed by atoms with Crippen molar-refractivity contribution in [2.75, 3.05) is 0 Å². The lowest BCUT2D eigenvalue weighted by molar-refractivity contribution is 1.07. The molecule has 1 heterocycles. The molecule has 0 spiro atoms. The molecule has 0 unspecified atom stereocenters. The Kier molecular flexibility index (Phi) is 3.12. The van der Waals surface area contributed by atoms with Gasteiger partial charge in [0.2, 0.25) is 0 Å². The molecule has 16 heavy (non-hydrogen) atoms. The third-order valence-electron chi connectivity index (χ3n) is 2.05. The number of halogens is 2. The Morgan fingerprint density at radius 3 is 2.81 bits per heavy atom. The lowest BCUT2D eigenvalue weighted by Crippen LogP contribution is -2.08. The van der Waals surface area contributed by atoms with Crippen LogP contribution in [-0.2, 0) is 0 Å². The summed E-state index contributed by atoms with van der Waals surface area (Å²) in [4.78, 5) is 18.3. The van der Waals surface area contributed by atoms with Gasteiger partial charge in [-0.2, -0.15) is 0 Å². The molecule has 0 bridgehead atoms. The van der Waals surface area contributed by atoms with Gasteiger partial charge in [0.15, 0.2) is 0 Å². The van der Waals surface area contributed by atoms with Gasteiger partial charge in [0.25, 0.3) is 5.56 Å². The van der Waals surface area contributed by atoms with Crippen molar-refractivity contribution in [2.45, 2.75) is 6.92 Å². The van der Waals surface area contributed by atoms with E-state index in [0.717, 1.165) is 10.0 Å². The van der Waals surface area contributed by atoms with Crippen molar-refractivity contribution < 1.29 is 0 Å². The minimum absolute atomic E-state index is 0.172. The maximum absolute atomic E-state index is 11.3. The first kappa shape index (κ1) is 11.4. The summed E-state index contributed by atoms with van der Waals surface area (Å²) in [6.45, 7) is 1.77. The monoisotopic (exact) mass is 298 g/mol. The Hall–Kier alpha value is -1.13. The lowest BCUT2D eigenvalue weighted by atomic mass is 10.2. The number of aromatic nitrogens is 2. The van der Waals surface area contributed by atoms with E-state index in [1.165, 1.54) is 6.07 Å². The van der Waals surface area contributed by atoms with Crippen LogP contribution in [0.25, 0.3) is 11.4 Å². The number of rotatable bonds is 1. The molecule has 0 aliphatic heterocycles. The van der Waals surface area contributed by atoms with Crippen LogP contribution in [0.1, 0.15) is 5.69 Å². The Morgan fingerprint density at radius 2 is 2.12 bits per heavy atom. The zero-order valence-corrected chi connectivity index (χ0v) is 10.8. The zero-order valence-electron chi connectivity index (χ0n) is 8.42. The van der Waals surface area contributed by atoms with Gasteiger partial charge >= 0.3 is 0 Å². The second-order valence-corrected chi connectivity index (χ2v) is 4.65. The fraction of sp³-hybridized carbons (Fsp3) is 0.0909. The van der Waals surface area contributed by atoms with Crippen LogP contribution >= 0.6 is 27.5 Å². The average molecular weight is 300 g/mol. The van der Waals surface area contributed by atoms with Crippen molar-refractivity contribution in [3.8, 4) is 11.4 Å². The first-order valence-electron chi connectivity index (χ1n) is 4.59. The number of aryl methyl sites for hydroxylation is 1. The van der Waals surface area contributed by atoms with Crippen molar-refractivity contribution in [1.29, 1.82) is 0 Å². The average Bonchev–Trinajstić information content (AvgIpc) is 2.20. The Morgan fingerprint density at radius 1 is 1.38 bits per heavy atom. The summed E-state index contributed by atoms with van der Waals surface area (Å²) in [6, 6.07) is 6.79. The summed E-state index contributed by atoms with van der Waals surface area (Å²) in [5.74, 6) is 0.513. The highest BCUT2D eigenvalue weighted by Crippen LogP contribution is 2.27. The molecule has 1 aromatic heterocycles. The predicted molar refractivity (Wildman–Crippen MR) is 67.7 cm³/mol. The van der Waals surface area contributed by atoms with Gasteiger partial charge in [-0.15, -0.1) is 0 Å². The van der Waals surface area contributed by atoms with Gasteiger partial charge in [0.1, 0.15) is 5.82 Å². The van der Waals surface area contributed by atoms with E-state index < -0.39 is 0 Å². The number of aromatic amines is 1. The van der Waals surface area contributed by atoms with E-state index in [9.17, 15) is 4.79 Å². The van der Waals surface area contributed by atoms with Crippen LogP contribution in [0, 0.1) is 6.92 Å². The molecular formula is C11H8BrClN2O. The van der Waals surface area contributed by atoms with Gasteiger partial charge in [-0.3, -0.25) is 4.79 Å². The molecule has 0 saturated carbocycles. The smallest absolute Gasteiger partial charge is 0.251 e. The zero-order chi connectivity index (χ0) is 11.7. The number of nitrogens with zero attached hydrogens (tertiary/aromatic N) is 1. The number of benzene rings is 1. The minimum atomic E-state index is -0.172. The van der Waals surface area contributed by atoms with Crippen LogP contribution in [0.4, 0.5) is 0 Å². The molecule has 0 aliphatic rings.